The summed E-state index contributed by atoms with van der Waals surface area (Å²) in [6, 6.07) is 11.1. The molecule has 20 heavy (non-hydrogen) atoms. The van der Waals surface area contributed by atoms with Crippen LogP contribution in [0.15, 0.2) is 30.3 Å². The van der Waals surface area contributed by atoms with E-state index >= 15 is 0 Å². The molecule has 0 heterocycles. The summed E-state index contributed by atoms with van der Waals surface area (Å²) in [6.07, 6.45) is 0.529. The Bertz CT molecular complexity index is 642. The van der Waals surface area contributed by atoms with Gasteiger partial charge in [0, 0.05) is 11.1 Å². The molecule has 2 aromatic carbocycles. The van der Waals surface area contributed by atoms with Gasteiger partial charge in [0.15, 0.2) is 0 Å². The number of halogens is 3. The maximum atomic E-state index is 11.0. The highest BCUT2D eigenvalue weighted by Crippen LogP contribution is 2.31. The molecule has 0 spiro atoms. The van der Waals surface area contributed by atoms with E-state index < -0.39 is 6.03 Å². The number of carbonyl (C=O) groups excluding carboxylic acids is 1. The molecule has 3 N–H and O–H groups in total. The van der Waals surface area contributed by atoms with E-state index in [1.54, 1.807) is 18.2 Å². The van der Waals surface area contributed by atoms with E-state index in [1.807, 2.05) is 12.1 Å². The van der Waals surface area contributed by atoms with Crippen molar-refractivity contribution in [2.45, 2.75) is 6.42 Å². The van der Waals surface area contributed by atoms with Crippen molar-refractivity contribution < 1.29 is 4.79 Å². The van der Waals surface area contributed by atoms with Gasteiger partial charge in [0.2, 0.25) is 0 Å². The number of hydrogen-bond acceptors (Lipinski definition) is 1. The highest BCUT2D eigenvalue weighted by atomic mass is 35.5. The molecule has 0 aromatic heterocycles. The minimum absolute atomic E-state index is 0.222. The molecular formula is C14H10Cl3N2O. The Hall–Kier alpha value is -1.42. The second kappa shape index (κ2) is 6.35. The number of nitrogens with two attached hydrogens (primary N) is 1. The lowest BCUT2D eigenvalue weighted by atomic mass is 10.0. The van der Waals surface area contributed by atoms with Crippen molar-refractivity contribution in [2.24, 2.45) is 5.73 Å². The molecule has 2 aromatic rings. The number of hydrogen-bond donors (Lipinski definition) is 2. The van der Waals surface area contributed by atoms with Crippen LogP contribution >= 0.6 is 34.8 Å². The van der Waals surface area contributed by atoms with Crippen LogP contribution in [-0.2, 0) is 6.42 Å². The molecule has 0 saturated carbocycles. The minimum atomic E-state index is -0.694. The molecule has 0 unspecified atom stereocenters. The summed E-state index contributed by atoms with van der Waals surface area (Å²) < 4.78 is 0. The average Bonchev–Trinajstić information content (AvgIpc) is 2.36. The second-order valence-corrected chi connectivity index (χ2v) is 5.35. The third kappa shape index (κ3) is 3.79. The molecule has 2 rings (SSSR count). The van der Waals surface area contributed by atoms with E-state index in [2.05, 4.69) is 11.4 Å². The molecule has 0 aliphatic rings. The largest absolute Gasteiger partial charge is 0.351 e. The van der Waals surface area contributed by atoms with E-state index in [1.165, 1.54) is 0 Å². The van der Waals surface area contributed by atoms with Crippen LogP contribution < -0.4 is 11.1 Å². The van der Waals surface area contributed by atoms with Crippen LogP contribution in [0.1, 0.15) is 11.1 Å². The van der Waals surface area contributed by atoms with Crippen LogP contribution in [0.4, 0.5) is 10.5 Å². The molecule has 1 radical (unpaired) electrons. The van der Waals surface area contributed by atoms with Crippen molar-refractivity contribution in [3.8, 4) is 0 Å². The predicted molar refractivity (Wildman–Crippen MR) is 82.8 cm³/mol. The van der Waals surface area contributed by atoms with Crippen LogP contribution in [-0.4, -0.2) is 6.03 Å². The van der Waals surface area contributed by atoms with Crippen LogP contribution in [0.5, 0.6) is 0 Å². The summed E-state index contributed by atoms with van der Waals surface area (Å²) in [6.45, 7) is 0. The van der Waals surface area contributed by atoms with Gasteiger partial charge in [-0.25, -0.2) is 4.79 Å². The van der Waals surface area contributed by atoms with Gasteiger partial charge in [-0.05, 0) is 35.7 Å². The lowest BCUT2D eigenvalue weighted by Crippen LogP contribution is -2.20. The van der Waals surface area contributed by atoms with Gasteiger partial charge in [-0.3, -0.25) is 0 Å². The Morgan fingerprint density at radius 1 is 1.20 bits per heavy atom. The summed E-state index contributed by atoms with van der Waals surface area (Å²) in [5, 5.41) is 3.74. The first-order chi connectivity index (χ1) is 9.45. The minimum Gasteiger partial charge on any atom is -0.351 e. The number of urea groups is 1. The SMILES string of the molecule is NC(=O)Nc1c(Cl)[c]c(Cl)cc1Cc1ccc(Cl)cc1. The number of anilines is 1. The Balaban J connectivity index is 2.38. The highest BCUT2D eigenvalue weighted by molar-refractivity contribution is 6.36. The van der Waals surface area contributed by atoms with Crippen molar-refractivity contribution in [3.05, 3.63) is 62.6 Å². The summed E-state index contributed by atoms with van der Waals surface area (Å²) in [5.74, 6) is 0. The summed E-state index contributed by atoms with van der Waals surface area (Å²) in [7, 11) is 0. The molecular weight excluding hydrogens is 319 g/mol. The van der Waals surface area contributed by atoms with Crippen molar-refractivity contribution >= 4 is 46.5 Å². The molecule has 0 fully saturated rings. The lowest BCUT2D eigenvalue weighted by Gasteiger charge is -2.12. The third-order valence-electron chi connectivity index (χ3n) is 2.63. The van der Waals surface area contributed by atoms with Crippen molar-refractivity contribution in [3.63, 3.8) is 0 Å². The lowest BCUT2D eigenvalue weighted by molar-refractivity contribution is 0.259. The van der Waals surface area contributed by atoms with Crippen molar-refractivity contribution in [2.75, 3.05) is 5.32 Å². The van der Waals surface area contributed by atoms with E-state index in [0.29, 0.717) is 22.2 Å². The Morgan fingerprint density at radius 2 is 1.85 bits per heavy atom. The molecule has 0 atom stereocenters. The maximum absolute atomic E-state index is 11.0. The summed E-state index contributed by atoms with van der Waals surface area (Å²) in [5.41, 5.74) is 7.31. The van der Waals surface area contributed by atoms with Gasteiger partial charge in [-0.15, -0.1) is 0 Å². The van der Waals surface area contributed by atoms with E-state index in [-0.39, 0.29) is 5.02 Å². The number of carbonyl (C=O) groups is 1. The van der Waals surface area contributed by atoms with Crippen LogP contribution in [0.25, 0.3) is 0 Å². The first-order valence-corrected chi connectivity index (χ1v) is 6.80. The van der Waals surface area contributed by atoms with E-state index in [0.717, 1.165) is 11.1 Å². The van der Waals surface area contributed by atoms with Gasteiger partial charge in [-0.2, -0.15) is 0 Å². The molecule has 3 nitrogen and oxygen atoms in total. The zero-order valence-electron chi connectivity index (χ0n) is 10.2. The quantitative estimate of drug-likeness (QED) is 0.854. The number of primary amides is 1. The molecule has 0 bridgehead atoms. The zero-order chi connectivity index (χ0) is 14.7. The maximum Gasteiger partial charge on any atom is 0.316 e. The van der Waals surface area contributed by atoms with Gasteiger partial charge in [0.25, 0.3) is 0 Å². The van der Waals surface area contributed by atoms with Gasteiger partial charge < -0.3 is 11.1 Å². The molecule has 0 aliphatic heterocycles. The fourth-order valence-corrected chi connectivity index (χ4v) is 2.46. The number of nitrogens with one attached hydrogen (secondary N) is 1. The van der Waals surface area contributed by atoms with Crippen molar-refractivity contribution in [1.29, 1.82) is 0 Å². The number of amides is 2. The Kier molecular flexibility index (Phi) is 4.76. The standard InChI is InChI=1S/C14H10Cl3N2O/c15-10-3-1-8(2-4-10)5-9-6-11(16)7-12(17)13(9)19-14(18)20/h1-4,6H,5H2,(H3,18,19,20). The number of benzene rings is 2. The van der Waals surface area contributed by atoms with Crippen LogP contribution in [0, 0.1) is 6.07 Å². The fraction of sp³-hybridized carbons (Fsp3) is 0.0714. The van der Waals surface area contributed by atoms with Crippen LogP contribution in [0.2, 0.25) is 15.1 Å². The molecule has 0 saturated heterocycles. The monoisotopic (exact) mass is 327 g/mol. The third-order valence-corrected chi connectivity index (χ3v) is 3.37. The molecule has 2 amide bonds. The fourth-order valence-electron chi connectivity index (χ4n) is 1.79. The van der Waals surface area contributed by atoms with E-state index in [9.17, 15) is 4.79 Å². The first-order valence-electron chi connectivity index (χ1n) is 5.67. The zero-order valence-corrected chi connectivity index (χ0v) is 12.5. The van der Waals surface area contributed by atoms with Gasteiger partial charge in [0.1, 0.15) is 0 Å². The second-order valence-electron chi connectivity index (χ2n) is 4.12. The molecule has 0 aliphatic carbocycles. The molecule has 6 heteroatoms. The predicted octanol–water partition coefficient (Wildman–Crippen LogP) is 4.53. The van der Waals surface area contributed by atoms with Gasteiger partial charge >= 0.3 is 6.03 Å². The van der Waals surface area contributed by atoms with Crippen LogP contribution in [0.3, 0.4) is 0 Å². The van der Waals surface area contributed by atoms with Crippen molar-refractivity contribution in [1.82, 2.24) is 0 Å². The van der Waals surface area contributed by atoms with Gasteiger partial charge in [-0.1, -0.05) is 46.9 Å². The molecule has 103 valence electrons. The van der Waals surface area contributed by atoms with Gasteiger partial charge in [0.05, 0.1) is 15.7 Å². The first kappa shape index (κ1) is 15.0. The smallest absolute Gasteiger partial charge is 0.316 e. The average molecular weight is 329 g/mol. The summed E-state index contributed by atoms with van der Waals surface area (Å²) in [4.78, 5) is 11.0. The Labute approximate surface area is 131 Å². The topological polar surface area (TPSA) is 55.1 Å². The van der Waals surface area contributed by atoms with E-state index in [4.69, 9.17) is 40.5 Å². The Morgan fingerprint density at radius 3 is 2.45 bits per heavy atom. The normalized spacial score (nSPS) is 10.3. The highest BCUT2D eigenvalue weighted by Gasteiger charge is 2.12. The summed E-state index contributed by atoms with van der Waals surface area (Å²) >= 11 is 17.8. The number of rotatable bonds is 3.